The van der Waals surface area contributed by atoms with Crippen LogP contribution >= 0.6 is 38.8 Å². The number of hydrogen-bond acceptors (Lipinski definition) is 3. The number of ether oxygens (including phenoxy) is 1. The second kappa shape index (κ2) is 6.67. The van der Waals surface area contributed by atoms with E-state index in [1.165, 1.54) is 0 Å². The van der Waals surface area contributed by atoms with Crippen LogP contribution in [0.3, 0.4) is 0 Å². The van der Waals surface area contributed by atoms with Gasteiger partial charge in [0.1, 0.15) is 18.5 Å². The van der Waals surface area contributed by atoms with Crippen LogP contribution in [0.5, 0.6) is 5.75 Å². The van der Waals surface area contributed by atoms with E-state index in [1.54, 1.807) is 0 Å². The lowest BCUT2D eigenvalue weighted by molar-refractivity contribution is 0.112. The van der Waals surface area contributed by atoms with Crippen LogP contribution in [0.2, 0.25) is 0 Å². The molecule has 0 fully saturated rings. The highest BCUT2D eigenvalue weighted by molar-refractivity contribution is 14.1. The van der Waals surface area contributed by atoms with Gasteiger partial charge in [0.05, 0.1) is 4.47 Å². The Morgan fingerprint density at radius 1 is 1.44 bits per heavy atom. The molecule has 1 aromatic rings. The summed E-state index contributed by atoms with van der Waals surface area (Å²) in [5, 5.41) is 9.35. The van der Waals surface area contributed by atoms with Crippen molar-refractivity contribution in [3.8, 4) is 5.75 Å². The lowest BCUT2D eigenvalue weighted by Gasteiger charge is -2.12. The fourth-order valence-corrected chi connectivity index (χ4v) is 1.89. The minimum absolute atomic E-state index is 0.000323. The molecule has 0 saturated carbocycles. The van der Waals surface area contributed by atoms with Crippen molar-refractivity contribution in [1.82, 2.24) is 3.53 Å². The average Bonchev–Trinajstić information content (AvgIpc) is 2.22. The maximum atomic E-state index is 12.9. The minimum Gasteiger partial charge on any atom is -0.490 e. The van der Waals surface area contributed by atoms with Crippen LogP contribution in [0.1, 0.15) is 0 Å². The smallest absolute Gasteiger partial charge is 0.162 e. The zero-order valence-corrected chi connectivity index (χ0v) is 11.8. The molecule has 0 bridgehead atoms. The summed E-state index contributed by atoms with van der Waals surface area (Å²) in [6, 6.07) is 1.91. The van der Waals surface area contributed by atoms with Crippen molar-refractivity contribution in [2.24, 2.45) is 0 Å². The summed E-state index contributed by atoms with van der Waals surface area (Å²) in [6.07, 6.45) is -0.711. The summed E-state index contributed by atoms with van der Waals surface area (Å²) in [6.45, 7) is 0.349. The van der Waals surface area contributed by atoms with Gasteiger partial charge in [-0.2, -0.15) is 0 Å². The molecule has 2 N–H and O–H groups in total. The lowest BCUT2D eigenvalue weighted by Crippen LogP contribution is -2.26. The van der Waals surface area contributed by atoms with Crippen molar-refractivity contribution in [2.75, 3.05) is 13.2 Å². The summed E-state index contributed by atoms with van der Waals surface area (Å²) < 4.78 is 33.8. The molecule has 0 amide bonds. The molecule has 1 aromatic carbocycles. The third kappa shape index (κ3) is 4.11. The Hall–Kier alpha value is 0.01000. The average molecular weight is 408 g/mol. The Labute approximate surface area is 114 Å². The lowest BCUT2D eigenvalue weighted by atomic mass is 10.3. The van der Waals surface area contributed by atoms with Gasteiger partial charge in [0.15, 0.2) is 11.6 Å². The van der Waals surface area contributed by atoms with Gasteiger partial charge in [-0.05, 0) is 22.0 Å². The number of benzene rings is 1. The molecule has 0 aliphatic rings. The molecule has 16 heavy (non-hydrogen) atoms. The summed E-state index contributed by atoms with van der Waals surface area (Å²) in [5.41, 5.74) is 0. The molecule has 90 valence electrons. The van der Waals surface area contributed by atoms with Crippen LogP contribution in [0, 0.1) is 11.6 Å². The van der Waals surface area contributed by atoms with Crippen LogP contribution in [-0.4, -0.2) is 24.4 Å². The number of aliphatic hydroxyl groups is 1. The Bertz CT molecular complexity index is 368. The highest BCUT2D eigenvalue weighted by Gasteiger charge is 2.11. The van der Waals surface area contributed by atoms with Gasteiger partial charge in [-0.15, -0.1) is 0 Å². The maximum absolute atomic E-state index is 12.9. The molecule has 3 nitrogen and oxygen atoms in total. The van der Waals surface area contributed by atoms with Gasteiger partial charge in [0.25, 0.3) is 0 Å². The molecular weight excluding hydrogens is 399 g/mol. The number of rotatable bonds is 5. The topological polar surface area (TPSA) is 41.5 Å². The molecule has 0 heterocycles. The SMILES string of the molecule is OC(CNI)COc1cc(F)c(F)cc1Br. The Balaban J connectivity index is 2.63. The Kier molecular flexibility index (Phi) is 5.87. The van der Waals surface area contributed by atoms with Gasteiger partial charge < -0.3 is 9.84 Å². The molecule has 1 rings (SSSR count). The summed E-state index contributed by atoms with van der Waals surface area (Å²) in [7, 11) is 0. The molecule has 0 saturated heterocycles. The van der Waals surface area contributed by atoms with Crippen LogP contribution < -0.4 is 8.27 Å². The Morgan fingerprint density at radius 3 is 2.69 bits per heavy atom. The van der Waals surface area contributed by atoms with E-state index in [9.17, 15) is 13.9 Å². The third-order valence-electron chi connectivity index (χ3n) is 1.72. The fraction of sp³-hybridized carbons (Fsp3) is 0.333. The molecule has 0 aromatic heterocycles. The molecule has 0 spiro atoms. The first-order valence-corrected chi connectivity index (χ1v) is 6.20. The van der Waals surface area contributed by atoms with Gasteiger partial charge in [0, 0.05) is 35.5 Å². The molecule has 7 heteroatoms. The monoisotopic (exact) mass is 407 g/mol. The zero-order chi connectivity index (χ0) is 12.1. The highest BCUT2D eigenvalue weighted by Crippen LogP contribution is 2.27. The number of halogens is 4. The third-order valence-corrected chi connectivity index (χ3v) is 2.78. The van der Waals surface area contributed by atoms with Crippen molar-refractivity contribution in [1.29, 1.82) is 0 Å². The van der Waals surface area contributed by atoms with E-state index >= 15 is 0 Å². The number of aliphatic hydroxyl groups excluding tert-OH is 1. The molecule has 1 atom stereocenters. The fourth-order valence-electron chi connectivity index (χ4n) is 0.949. The Morgan fingerprint density at radius 2 is 2.06 bits per heavy atom. The molecule has 0 aliphatic carbocycles. The first-order valence-electron chi connectivity index (χ1n) is 4.33. The predicted octanol–water partition coefficient (Wildman–Crippen LogP) is 2.41. The number of nitrogens with one attached hydrogen (secondary N) is 1. The normalized spacial score (nSPS) is 12.6. The van der Waals surface area contributed by atoms with Gasteiger partial charge >= 0.3 is 0 Å². The van der Waals surface area contributed by atoms with Crippen molar-refractivity contribution >= 4 is 38.8 Å². The van der Waals surface area contributed by atoms with Crippen LogP contribution in [0.25, 0.3) is 0 Å². The summed E-state index contributed by atoms with van der Waals surface area (Å²) >= 11 is 4.93. The maximum Gasteiger partial charge on any atom is 0.162 e. The minimum atomic E-state index is -0.986. The van der Waals surface area contributed by atoms with Crippen LogP contribution in [-0.2, 0) is 0 Å². The van der Waals surface area contributed by atoms with E-state index in [0.29, 0.717) is 11.0 Å². The zero-order valence-electron chi connectivity index (χ0n) is 8.01. The van der Waals surface area contributed by atoms with E-state index in [4.69, 9.17) is 4.74 Å². The molecule has 0 aliphatic heterocycles. The van der Waals surface area contributed by atoms with Gasteiger partial charge in [-0.1, -0.05) is 0 Å². The predicted molar refractivity (Wildman–Crippen MR) is 67.6 cm³/mol. The summed E-state index contributed by atoms with van der Waals surface area (Å²) in [4.78, 5) is 0. The van der Waals surface area contributed by atoms with E-state index < -0.39 is 17.7 Å². The molecule has 0 radical (unpaired) electrons. The first kappa shape index (κ1) is 14.1. The van der Waals surface area contributed by atoms with Crippen LogP contribution in [0.15, 0.2) is 16.6 Å². The number of hydrogen-bond donors (Lipinski definition) is 2. The van der Waals surface area contributed by atoms with E-state index in [2.05, 4.69) is 19.5 Å². The van der Waals surface area contributed by atoms with E-state index in [0.717, 1.165) is 12.1 Å². The van der Waals surface area contributed by atoms with E-state index in [-0.39, 0.29) is 12.4 Å². The van der Waals surface area contributed by atoms with Gasteiger partial charge in [0.2, 0.25) is 0 Å². The first-order chi connectivity index (χ1) is 7.54. The molecular formula is C9H9BrF2INO2. The second-order valence-corrected chi connectivity index (χ2v) is 4.62. The van der Waals surface area contributed by atoms with Crippen molar-refractivity contribution in [3.05, 3.63) is 28.2 Å². The van der Waals surface area contributed by atoms with E-state index in [1.807, 2.05) is 22.9 Å². The highest BCUT2D eigenvalue weighted by atomic mass is 127. The van der Waals surface area contributed by atoms with Crippen molar-refractivity contribution in [3.63, 3.8) is 0 Å². The van der Waals surface area contributed by atoms with Gasteiger partial charge in [-0.3, -0.25) is 3.53 Å². The summed E-state index contributed by atoms with van der Waals surface area (Å²) in [5.74, 6) is -1.78. The second-order valence-electron chi connectivity index (χ2n) is 3.00. The van der Waals surface area contributed by atoms with Gasteiger partial charge in [-0.25, -0.2) is 8.78 Å². The quantitative estimate of drug-likeness (QED) is 0.447. The van der Waals surface area contributed by atoms with Crippen molar-refractivity contribution < 1.29 is 18.6 Å². The van der Waals surface area contributed by atoms with Crippen LogP contribution in [0.4, 0.5) is 8.78 Å². The standard InChI is InChI=1S/C9H9BrF2INO2/c10-6-1-7(11)8(12)2-9(6)16-4-5(15)3-14-13/h1-2,5,14-15H,3-4H2. The largest absolute Gasteiger partial charge is 0.490 e. The molecule has 1 unspecified atom stereocenters. The van der Waals surface area contributed by atoms with Crippen molar-refractivity contribution in [2.45, 2.75) is 6.10 Å².